The molecule has 4 nitrogen and oxygen atoms in total. The van der Waals surface area contributed by atoms with Crippen molar-refractivity contribution in [1.82, 2.24) is 9.88 Å². The molecular formula is C16H24N2O2. The number of pyridine rings is 1. The molecular weight excluding hydrogens is 252 g/mol. The lowest BCUT2D eigenvalue weighted by atomic mass is 9.96. The lowest BCUT2D eigenvalue weighted by Gasteiger charge is -2.32. The first kappa shape index (κ1) is 15.0. The molecule has 1 aliphatic heterocycles. The average molecular weight is 276 g/mol. The summed E-state index contributed by atoms with van der Waals surface area (Å²) >= 11 is 0. The average Bonchev–Trinajstić information content (AvgIpc) is 2.47. The molecule has 1 aromatic rings. The number of ether oxygens (including phenoxy) is 1. The van der Waals surface area contributed by atoms with Crippen molar-refractivity contribution in [2.24, 2.45) is 0 Å². The van der Waals surface area contributed by atoms with Gasteiger partial charge in [0.2, 0.25) is 0 Å². The predicted octanol–water partition coefficient (Wildman–Crippen LogP) is 2.68. The van der Waals surface area contributed by atoms with Crippen molar-refractivity contribution in [3.8, 4) is 0 Å². The summed E-state index contributed by atoms with van der Waals surface area (Å²) < 4.78 is 5.01. The maximum Gasteiger partial charge on any atom is 0.339 e. The van der Waals surface area contributed by atoms with Gasteiger partial charge in [-0.05, 0) is 57.8 Å². The molecule has 0 aromatic carbocycles. The van der Waals surface area contributed by atoms with Gasteiger partial charge in [0.05, 0.1) is 12.2 Å². The summed E-state index contributed by atoms with van der Waals surface area (Å²) in [6, 6.07) is 2.57. The summed E-state index contributed by atoms with van der Waals surface area (Å²) in [5.74, 6) is -0.281. The van der Waals surface area contributed by atoms with Crippen molar-refractivity contribution in [2.75, 3.05) is 20.2 Å². The highest BCUT2D eigenvalue weighted by Crippen LogP contribution is 2.19. The summed E-state index contributed by atoms with van der Waals surface area (Å²) in [6.45, 7) is 3.41. The maximum absolute atomic E-state index is 11.7. The van der Waals surface area contributed by atoms with E-state index in [2.05, 4.69) is 16.9 Å². The number of carbonyl (C=O) groups is 1. The van der Waals surface area contributed by atoms with Gasteiger partial charge in [-0.25, -0.2) is 4.79 Å². The van der Waals surface area contributed by atoms with Crippen LogP contribution in [0.4, 0.5) is 0 Å². The van der Waals surface area contributed by atoms with Crippen LogP contribution in [0.2, 0.25) is 0 Å². The van der Waals surface area contributed by atoms with Crippen LogP contribution in [0, 0.1) is 0 Å². The topological polar surface area (TPSA) is 42.4 Å². The van der Waals surface area contributed by atoms with E-state index < -0.39 is 0 Å². The van der Waals surface area contributed by atoms with Gasteiger partial charge < -0.3 is 9.64 Å². The van der Waals surface area contributed by atoms with Gasteiger partial charge in [0, 0.05) is 18.4 Å². The van der Waals surface area contributed by atoms with E-state index in [1.807, 2.05) is 19.2 Å². The fourth-order valence-corrected chi connectivity index (χ4v) is 2.79. The molecule has 4 heteroatoms. The van der Waals surface area contributed by atoms with E-state index in [4.69, 9.17) is 4.74 Å². The maximum atomic E-state index is 11.7. The van der Waals surface area contributed by atoms with Gasteiger partial charge >= 0.3 is 5.97 Å². The van der Waals surface area contributed by atoms with Crippen LogP contribution < -0.4 is 0 Å². The van der Waals surface area contributed by atoms with Crippen molar-refractivity contribution in [3.63, 3.8) is 0 Å². The molecule has 2 heterocycles. The largest absolute Gasteiger partial charge is 0.462 e. The van der Waals surface area contributed by atoms with Crippen LogP contribution in [-0.2, 0) is 11.2 Å². The third-order valence-corrected chi connectivity index (χ3v) is 3.99. The first-order chi connectivity index (χ1) is 9.70. The number of esters is 1. The quantitative estimate of drug-likeness (QED) is 0.775. The van der Waals surface area contributed by atoms with E-state index >= 15 is 0 Å². The van der Waals surface area contributed by atoms with Crippen LogP contribution in [-0.4, -0.2) is 42.1 Å². The van der Waals surface area contributed by atoms with E-state index in [-0.39, 0.29) is 5.97 Å². The zero-order valence-electron chi connectivity index (χ0n) is 12.5. The molecule has 110 valence electrons. The first-order valence-electron chi connectivity index (χ1n) is 7.52. The molecule has 0 aliphatic carbocycles. The van der Waals surface area contributed by atoms with Gasteiger partial charge in [-0.1, -0.05) is 6.42 Å². The molecule has 1 unspecified atom stereocenters. The summed E-state index contributed by atoms with van der Waals surface area (Å²) in [4.78, 5) is 18.3. The predicted molar refractivity (Wildman–Crippen MR) is 78.8 cm³/mol. The second-order valence-electron chi connectivity index (χ2n) is 5.47. The van der Waals surface area contributed by atoms with E-state index in [0.29, 0.717) is 18.2 Å². The first-order valence-corrected chi connectivity index (χ1v) is 7.52. The summed E-state index contributed by atoms with van der Waals surface area (Å²) in [5.41, 5.74) is 1.68. The minimum Gasteiger partial charge on any atom is -0.462 e. The van der Waals surface area contributed by atoms with Gasteiger partial charge in [-0.3, -0.25) is 4.98 Å². The molecule has 1 atom stereocenters. The molecule has 0 radical (unpaired) electrons. The van der Waals surface area contributed by atoms with Crippen LogP contribution >= 0.6 is 0 Å². The molecule has 1 fully saturated rings. The lowest BCUT2D eigenvalue weighted by molar-refractivity contribution is 0.0525. The zero-order valence-corrected chi connectivity index (χ0v) is 12.5. The zero-order chi connectivity index (χ0) is 14.4. The van der Waals surface area contributed by atoms with Gasteiger partial charge in [-0.2, -0.15) is 0 Å². The van der Waals surface area contributed by atoms with Crippen molar-refractivity contribution in [1.29, 1.82) is 0 Å². The molecule has 0 bridgehead atoms. The minimum atomic E-state index is -0.281. The van der Waals surface area contributed by atoms with Crippen molar-refractivity contribution >= 4 is 5.97 Å². The molecule has 1 saturated heterocycles. The SMILES string of the molecule is CCOC(=O)c1cncc(CCC2CCCCN2C)c1. The molecule has 1 aromatic heterocycles. The van der Waals surface area contributed by atoms with Crippen LogP contribution in [0.25, 0.3) is 0 Å². The highest BCUT2D eigenvalue weighted by molar-refractivity contribution is 5.89. The highest BCUT2D eigenvalue weighted by atomic mass is 16.5. The Morgan fingerprint density at radius 1 is 1.45 bits per heavy atom. The van der Waals surface area contributed by atoms with E-state index in [1.54, 1.807) is 6.20 Å². The molecule has 0 spiro atoms. The highest BCUT2D eigenvalue weighted by Gasteiger charge is 2.18. The summed E-state index contributed by atoms with van der Waals surface area (Å²) in [6.07, 6.45) is 9.45. The Bertz CT molecular complexity index is 448. The van der Waals surface area contributed by atoms with Gasteiger partial charge in [0.25, 0.3) is 0 Å². The van der Waals surface area contributed by atoms with Crippen molar-refractivity contribution in [3.05, 3.63) is 29.6 Å². The van der Waals surface area contributed by atoms with E-state index in [1.165, 1.54) is 25.8 Å². The Balaban J connectivity index is 1.92. The minimum absolute atomic E-state index is 0.281. The van der Waals surface area contributed by atoms with Gasteiger partial charge in [-0.15, -0.1) is 0 Å². The summed E-state index contributed by atoms with van der Waals surface area (Å²) in [7, 11) is 2.21. The van der Waals surface area contributed by atoms with Crippen LogP contribution in [0.1, 0.15) is 48.5 Å². The standard InChI is InChI=1S/C16H24N2O2/c1-3-20-16(19)14-10-13(11-17-12-14)7-8-15-6-4-5-9-18(15)2/h10-12,15H,3-9H2,1-2H3. The molecule has 1 aliphatic rings. The Labute approximate surface area is 121 Å². The monoisotopic (exact) mass is 276 g/mol. The van der Waals surface area contributed by atoms with E-state index in [9.17, 15) is 4.79 Å². The Morgan fingerprint density at radius 2 is 2.30 bits per heavy atom. The molecule has 2 rings (SSSR count). The number of carbonyl (C=O) groups excluding carboxylic acids is 1. The number of aryl methyl sites for hydroxylation is 1. The van der Waals surface area contributed by atoms with Gasteiger partial charge in [0.15, 0.2) is 0 Å². The normalized spacial score (nSPS) is 19.8. The number of hydrogen-bond acceptors (Lipinski definition) is 4. The number of piperidine rings is 1. The van der Waals surface area contributed by atoms with Crippen molar-refractivity contribution in [2.45, 2.75) is 45.1 Å². The number of hydrogen-bond donors (Lipinski definition) is 0. The third-order valence-electron chi connectivity index (χ3n) is 3.99. The Kier molecular flexibility index (Phi) is 5.53. The molecule has 0 N–H and O–H groups in total. The Hall–Kier alpha value is -1.42. The molecule has 0 amide bonds. The number of nitrogens with zero attached hydrogens (tertiary/aromatic N) is 2. The number of rotatable bonds is 5. The van der Waals surface area contributed by atoms with Crippen LogP contribution in [0.15, 0.2) is 18.5 Å². The molecule has 0 saturated carbocycles. The van der Waals surface area contributed by atoms with Crippen molar-refractivity contribution < 1.29 is 9.53 Å². The van der Waals surface area contributed by atoms with Crippen LogP contribution in [0.5, 0.6) is 0 Å². The smallest absolute Gasteiger partial charge is 0.339 e. The fraction of sp³-hybridized carbons (Fsp3) is 0.625. The number of likely N-dealkylation sites (tertiary alicyclic amines) is 1. The van der Waals surface area contributed by atoms with Crippen LogP contribution in [0.3, 0.4) is 0 Å². The second kappa shape index (κ2) is 7.39. The Morgan fingerprint density at radius 3 is 3.05 bits per heavy atom. The lowest BCUT2D eigenvalue weighted by Crippen LogP contribution is -2.36. The third kappa shape index (κ3) is 4.04. The van der Waals surface area contributed by atoms with E-state index in [0.717, 1.165) is 18.4 Å². The fourth-order valence-electron chi connectivity index (χ4n) is 2.79. The number of aromatic nitrogens is 1. The second-order valence-corrected chi connectivity index (χ2v) is 5.47. The van der Waals surface area contributed by atoms with Gasteiger partial charge in [0.1, 0.15) is 0 Å². The summed E-state index contributed by atoms with van der Waals surface area (Å²) in [5, 5.41) is 0. The molecule has 20 heavy (non-hydrogen) atoms.